The maximum atomic E-state index is 12.2. The number of thioether (sulfide) groups is 1. The number of fused-ring (bicyclic) bond motifs is 1. The highest BCUT2D eigenvalue weighted by Gasteiger charge is 2.15. The average molecular weight is 373 g/mol. The van der Waals surface area contributed by atoms with Crippen LogP contribution in [-0.4, -0.2) is 21.1 Å². The van der Waals surface area contributed by atoms with E-state index in [0.29, 0.717) is 6.54 Å². The van der Waals surface area contributed by atoms with Gasteiger partial charge < -0.3 is 5.32 Å². The van der Waals surface area contributed by atoms with E-state index in [4.69, 9.17) is 0 Å². The molecule has 0 saturated heterocycles. The predicted molar refractivity (Wildman–Crippen MR) is 99.9 cm³/mol. The van der Waals surface area contributed by atoms with E-state index in [9.17, 15) is 14.9 Å². The van der Waals surface area contributed by atoms with E-state index in [1.165, 1.54) is 23.9 Å². The summed E-state index contributed by atoms with van der Waals surface area (Å²) in [4.78, 5) is 27.8. The number of nitro benzene ring substituents is 1. The highest BCUT2D eigenvalue weighted by molar-refractivity contribution is 8.00. The SMILES string of the molecule is CC(Sc1ccc([N+](=O)[O-])cc1)C(=O)NCc1nc2ccccc2s1. The molecule has 1 N–H and O–H groups in total. The molecule has 3 rings (SSSR count). The van der Waals surface area contributed by atoms with Crippen molar-refractivity contribution in [2.45, 2.75) is 23.6 Å². The molecular weight excluding hydrogens is 358 g/mol. The molecule has 0 bridgehead atoms. The third kappa shape index (κ3) is 4.34. The summed E-state index contributed by atoms with van der Waals surface area (Å²) in [5.74, 6) is -0.0948. The van der Waals surface area contributed by atoms with Gasteiger partial charge >= 0.3 is 0 Å². The van der Waals surface area contributed by atoms with E-state index in [2.05, 4.69) is 10.3 Å². The summed E-state index contributed by atoms with van der Waals surface area (Å²) >= 11 is 2.92. The Kier molecular flexibility index (Phi) is 5.30. The van der Waals surface area contributed by atoms with Crippen molar-refractivity contribution in [3.63, 3.8) is 0 Å². The Bertz CT molecular complexity index is 876. The first-order chi connectivity index (χ1) is 12.0. The minimum Gasteiger partial charge on any atom is -0.349 e. The second-order valence-corrected chi connectivity index (χ2v) is 7.83. The zero-order valence-corrected chi connectivity index (χ0v) is 15.0. The van der Waals surface area contributed by atoms with Gasteiger partial charge in [-0.15, -0.1) is 23.1 Å². The van der Waals surface area contributed by atoms with Gasteiger partial charge in [-0.2, -0.15) is 0 Å². The lowest BCUT2D eigenvalue weighted by atomic mass is 10.3. The first kappa shape index (κ1) is 17.4. The van der Waals surface area contributed by atoms with Gasteiger partial charge in [-0.05, 0) is 31.2 Å². The molecule has 1 unspecified atom stereocenters. The molecular formula is C17H15N3O3S2. The fourth-order valence-electron chi connectivity index (χ4n) is 2.21. The highest BCUT2D eigenvalue weighted by atomic mass is 32.2. The Morgan fingerprint density at radius 2 is 2.00 bits per heavy atom. The van der Waals surface area contributed by atoms with Gasteiger partial charge in [-0.25, -0.2) is 4.98 Å². The van der Waals surface area contributed by atoms with E-state index in [0.717, 1.165) is 20.1 Å². The largest absolute Gasteiger partial charge is 0.349 e. The van der Waals surface area contributed by atoms with Gasteiger partial charge in [0.2, 0.25) is 5.91 Å². The Morgan fingerprint density at radius 1 is 1.28 bits per heavy atom. The van der Waals surface area contributed by atoms with Crippen molar-refractivity contribution in [1.82, 2.24) is 10.3 Å². The van der Waals surface area contributed by atoms with Gasteiger partial charge in [-0.3, -0.25) is 14.9 Å². The van der Waals surface area contributed by atoms with E-state index < -0.39 is 4.92 Å². The van der Waals surface area contributed by atoms with Gasteiger partial charge in [-0.1, -0.05) is 12.1 Å². The number of nitrogens with zero attached hydrogens (tertiary/aromatic N) is 2. The van der Waals surface area contributed by atoms with Crippen LogP contribution in [0.15, 0.2) is 53.4 Å². The van der Waals surface area contributed by atoms with Crippen molar-refractivity contribution in [2.24, 2.45) is 0 Å². The summed E-state index contributed by atoms with van der Waals surface area (Å²) in [6.07, 6.45) is 0. The number of para-hydroxylation sites is 1. The molecule has 2 aromatic carbocycles. The molecule has 1 amide bonds. The van der Waals surface area contributed by atoms with Crippen LogP contribution in [0, 0.1) is 10.1 Å². The maximum Gasteiger partial charge on any atom is 0.269 e. The molecule has 0 aliphatic rings. The molecule has 6 nitrogen and oxygen atoms in total. The number of benzene rings is 2. The monoisotopic (exact) mass is 373 g/mol. The lowest BCUT2D eigenvalue weighted by molar-refractivity contribution is -0.384. The standard InChI is InChI=1S/C17H15N3O3S2/c1-11(24-13-8-6-12(7-9-13)20(22)23)17(21)18-10-16-19-14-4-2-3-5-15(14)25-16/h2-9,11H,10H2,1H3,(H,18,21). The number of aromatic nitrogens is 1. The van der Waals surface area contributed by atoms with Crippen LogP contribution >= 0.6 is 23.1 Å². The zero-order chi connectivity index (χ0) is 17.8. The van der Waals surface area contributed by atoms with Crippen molar-refractivity contribution < 1.29 is 9.72 Å². The van der Waals surface area contributed by atoms with Crippen LogP contribution in [-0.2, 0) is 11.3 Å². The van der Waals surface area contributed by atoms with Crippen LogP contribution in [0.5, 0.6) is 0 Å². The number of hydrogen-bond acceptors (Lipinski definition) is 6. The Hall–Kier alpha value is -2.45. The van der Waals surface area contributed by atoms with E-state index >= 15 is 0 Å². The van der Waals surface area contributed by atoms with Gasteiger partial charge in [0.1, 0.15) is 5.01 Å². The highest BCUT2D eigenvalue weighted by Crippen LogP contribution is 2.26. The van der Waals surface area contributed by atoms with Crippen LogP contribution in [0.3, 0.4) is 0 Å². The number of rotatable bonds is 6. The third-order valence-electron chi connectivity index (χ3n) is 3.48. The number of hydrogen-bond donors (Lipinski definition) is 1. The molecule has 25 heavy (non-hydrogen) atoms. The van der Waals surface area contributed by atoms with Crippen molar-refractivity contribution >= 4 is 44.9 Å². The number of non-ortho nitro benzene ring substituents is 1. The lowest BCUT2D eigenvalue weighted by Crippen LogP contribution is -2.30. The summed E-state index contributed by atoms with van der Waals surface area (Å²) in [6, 6.07) is 14.0. The number of carbonyl (C=O) groups excluding carboxylic acids is 1. The fourth-order valence-corrected chi connectivity index (χ4v) is 4.00. The van der Waals surface area contributed by atoms with Gasteiger partial charge in [0.25, 0.3) is 5.69 Å². The third-order valence-corrected chi connectivity index (χ3v) is 5.63. The fraction of sp³-hybridized carbons (Fsp3) is 0.176. The van der Waals surface area contributed by atoms with E-state index in [1.807, 2.05) is 24.3 Å². The van der Waals surface area contributed by atoms with E-state index in [-0.39, 0.29) is 16.8 Å². The number of amides is 1. The first-order valence-corrected chi connectivity index (χ1v) is 9.26. The van der Waals surface area contributed by atoms with Gasteiger partial charge in [0, 0.05) is 17.0 Å². The van der Waals surface area contributed by atoms with E-state index in [1.54, 1.807) is 30.4 Å². The van der Waals surface area contributed by atoms with Crippen LogP contribution in [0.2, 0.25) is 0 Å². The molecule has 0 spiro atoms. The minimum atomic E-state index is -0.442. The predicted octanol–water partition coefficient (Wildman–Crippen LogP) is 4.00. The Morgan fingerprint density at radius 3 is 2.68 bits per heavy atom. The number of nitro groups is 1. The summed E-state index contributed by atoms with van der Waals surface area (Å²) in [5.41, 5.74) is 0.974. The molecule has 128 valence electrons. The second kappa shape index (κ2) is 7.62. The normalized spacial score (nSPS) is 12.0. The summed E-state index contributed by atoms with van der Waals surface area (Å²) in [6.45, 7) is 2.20. The lowest BCUT2D eigenvalue weighted by Gasteiger charge is -2.11. The van der Waals surface area contributed by atoms with Crippen molar-refractivity contribution in [3.05, 3.63) is 63.7 Å². The Labute approximate surface area is 152 Å². The van der Waals surface area contributed by atoms with Crippen molar-refractivity contribution in [2.75, 3.05) is 0 Å². The minimum absolute atomic E-state index is 0.0392. The molecule has 8 heteroatoms. The molecule has 3 aromatic rings. The summed E-state index contributed by atoms with van der Waals surface area (Å²) in [7, 11) is 0. The molecule has 0 fully saturated rings. The maximum absolute atomic E-state index is 12.2. The molecule has 0 saturated carbocycles. The van der Waals surface area contributed by atoms with Crippen LogP contribution in [0.25, 0.3) is 10.2 Å². The van der Waals surface area contributed by atoms with Gasteiger partial charge in [0.15, 0.2) is 0 Å². The smallest absolute Gasteiger partial charge is 0.269 e. The molecule has 1 heterocycles. The van der Waals surface area contributed by atoms with Gasteiger partial charge in [0.05, 0.1) is 26.9 Å². The molecule has 0 aliphatic carbocycles. The molecule has 1 atom stereocenters. The second-order valence-electron chi connectivity index (χ2n) is 5.30. The molecule has 1 aromatic heterocycles. The summed E-state index contributed by atoms with van der Waals surface area (Å²) < 4.78 is 1.10. The van der Waals surface area contributed by atoms with Crippen molar-refractivity contribution in [1.29, 1.82) is 0 Å². The number of carbonyl (C=O) groups is 1. The first-order valence-electron chi connectivity index (χ1n) is 7.56. The van der Waals surface area contributed by atoms with Crippen LogP contribution in [0.1, 0.15) is 11.9 Å². The Balaban J connectivity index is 1.56. The molecule has 0 aliphatic heterocycles. The van der Waals surface area contributed by atoms with Crippen molar-refractivity contribution in [3.8, 4) is 0 Å². The quantitative estimate of drug-likeness (QED) is 0.401. The molecule has 0 radical (unpaired) electrons. The average Bonchev–Trinajstić information content (AvgIpc) is 3.03. The van der Waals surface area contributed by atoms with Crippen LogP contribution in [0.4, 0.5) is 5.69 Å². The van der Waals surface area contributed by atoms with Crippen LogP contribution < -0.4 is 5.32 Å². The number of nitrogens with one attached hydrogen (secondary N) is 1. The summed E-state index contributed by atoms with van der Waals surface area (Å²) in [5, 5.41) is 14.1. The zero-order valence-electron chi connectivity index (χ0n) is 13.3. The number of thiazole rings is 1. The topological polar surface area (TPSA) is 85.1 Å².